The Morgan fingerprint density at radius 3 is 2.36 bits per heavy atom. The van der Waals surface area contributed by atoms with Crippen molar-refractivity contribution in [2.45, 2.75) is 19.0 Å². The predicted molar refractivity (Wildman–Crippen MR) is 115 cm³/mol. The summed E-state index contributed by atoms with van der Waals surface area (Å²) in [6.07, 6.45) is 1.29. The number of nitrogens with one attached hydrogen (secondary N) is 2. The van der Waals surface area contributed by atoms with Gasteiger partial charge in [-0.05, 0) is 35.4 Å². The summed E-state index contributed by atoms with van der Waals surface area (Å²) < 4.78 is 5.19. The van der Waals surface area contributed by atoms with Gasteiger partial charge < -0.3 is 25.9 Å². The third kappa shape index (κ3) is 4.82. The third-order valence-corrected chi connectivity index (χ3v) is 4.61. The number of carbonyl (C=O) groups excluding carboxylic acids is 1. The number of benzene rings is 3. The zero-order valence-electron chi connectivity index (χ0n) is 15.9. The summed E-state index contributed by atoms with van der Waals surface area (Å²) in [4.78, 5) is 11.1. The molecular weight excluding hydrogens is 350 g/mol. The van der Waals surface area contributed by atoms with Gasteiger partial charge in [0, 0.05) is 13.0 Å². The molecule has 0 bridgehead atoms. The van der Waals surface area contributed by atoms with E-state index in [1.807, 2.05) is 72.8 Å². The van der Waals surface area contributed by atoms with Gasteiger partial charge in [-0.3, -0.25) is 0 Å². The predicted octanol–water partition coefficient (Wildman–Crippen LogP) is 4.63. The van der Waals surface area contributed by atoms with Crippen LogP contribution in [0.4, 0.5) is 17.1 Å². The first-order valence-corrected chi connectivity index (χ1v) is 9.21. The maximum Gasteiger partial charge on any atom is 0.122 e. The number of hydrogen-bond donors (Lipinski definition) is 3. The minimum absolute atomic E-state index is 0.127. The van der Waals surface area contributed by atoms with Crippen LogP contribution in [0.1, 0.15) is 23.6 Å². The molecule has 144 valence electrons. The first-order chi connectivity index (χ1) is 13.7. The number of hydrogen-bond acceptors (Lipinski definition) is 5. The Kier molecular flexibility index (Phi) is 6.52. The number of nitrogens with two attached hydrogens (primary N) is 1. The standard InChI is InChI=1S/C23H25N3O2/c1-28-19-12-10-17(11-13-19)16-25-21-8-5-9-22(23(21)24)26-20(14-15-27)18-6-3-2-4-7-18/h2-13,15,20,25-26H,14,16,24H2,1H3. The van der Waals surface area contributed by atoms with Crippen LogP contribution in [0.25, 0.3) is 0 Å². The third-order valence-electron chi connectivity index (χ3n) is 4.61. The molecule has 3 aromatic carbocycles. The highest BCUT2D eigenvalue weighted by molar-refractivity contribution is 5.80. The summed E-state index contributed by atoms with van der Waals surface area (Å²) in [5, 5.41) is 6.78. The molecule has 0 aliphatic rings. The van der Waals surface area contributed by atoms with Crippen LogP contribution >= 0.6 is 0 Å². The number of rotatable bonds is 9. The van der Waals surface area contributed by atoms with Crippen molar-refractivity contribution >= 4 is 23.3 Å². The molecule has 0 heterocycles. The average Bonchev–Trinajstić information content (AvgIpc) is 2.75. The SMILES string of the molecule is COc1ccc(CNc2cccc(NC(CC=O)c3ccccc3)c2N)cc1. The highest BCUT2D eigenvalue weighted by atomic mass is 16.5. The second-order valence-electron chi connectivity index (χ2n) is 6.48. The maximum absolute atomic E-state index is 11.1. The Morgan fingerprint density at radius 2 is 1.68 bits per heavy atom. The molecule has 0 amide bonds. The van der Waals surface area contributed by atoms with Crippen molar-refractivity contribution in [3.8, 4) is 5.75 Å². The molecule has 1 unspecified atom stereocenters. The van der Waals surface area contributed by atoms with Gasteiger partial charge in [-0.15, -0.1) is 0 Å². The lowest BCUT2D eigenvalue weighted by Crippen LogP contribution is -2.13. The number of ether oxygens (including phenoxy) is 1. The van der Waals surface area contributed by atoms with Gasteiger partial charge in [0.1, 0.15) is 12.0 Å². The van der Waals surface area contributed by atoms with Crippen LogP contribution in [0.3, 0.4) is 0 Å². The number of carbonyl (C=O) groups is 1. The van der Waals surface area contributed by atoms with Gasteiger partial charge in [-0.1, -0.05) is 48.5 Å². The number of para-hydroxylation sites is 1. The summed E-state index contributed by atoms with van der Waals surface area (Å²) in [5.41, 5.74) is 10.8. The highest BCUT2D eigenvalue weighted by Crippen LogP contribution is 2.31. The van der Waals surface area contributed by atoms with Gasteiger partial charge >= 0.3 is 0 Å². The number of nitrogen functional groups attached to an aromatic ring is 1. The lowest BCUT2D eigenvalue weighted by Gasteiger charge is -2.21. The van der Waals surface area contributed by atoms with Crippen molar-refractivity contribution in [2.75, 3.05) is 23.5 Å². The van der Waals surface area contributed by atoms with Crippen molar-refractivity contribution < 1.29 is 9.53 Å². The highest BCUT2D eigenvalue weighted by Gasteiger charge is 2.13. The molecule has 0 aliphatic carbocycles. The normalized spacial score (nSPS) is 11.5. The molecule has 0 spiro atoms. The fourth-order valence-electron chi connectivity index (χ4n) is 3.03. The van der Waals surface area contributed by atoms with E-state index in [1.165, 1.54) is 0 Å². The fourth-order valence-corrected chi connectivity index (χ4v) is 3.03. The van der Waals surface area contributed by atoms with E-state index in [0.29, 0.717) is 18.7 Å². The van der Waals surface area contributed by atoms with Crippen molar-refractivity contribution in [1.29, 1.82) is 0 Å². The zero-order chi connectivity index (χ0) is 19.8. The molecule has 0 fully saturated rings. The Hall–Kier alpha value is -3.47. The lowest BCUT2D eigenvalue weighted by atomic mass is 10.0. The molecule has 28 heavy (non-hydrogen) atoms. The molecule has 0 aromatic heterocycles. The van der Waals surface area contributed by atoms with Gasteiger partial charge in [0.15, 0.2) is 0 Å². The van der Waals surface area contributed by atoms with Crippen molar-refractivity contribution in [3.63, 3.8) is 0 Å². The molecule has 0 saturated carbocycles. The summed E-state index contributed by atoms with van der Waals surface area (Å²) in [6.45, 7) is 0.647. The van der Waals surface area contributed by atoms with E-state index in [1.54, 1.807) is 7.11 Å². The molecule has 4 N–H and O–H groups in total. The van der Waals surface area contributed by atoms with E-state index in [9.17, 15) is 4.79 Å². The minimum Gasteiger partial charge on any atom is -0.497 e. The molecule has 0 aliphatic heterocycles. The summed E-state index contributed by atoms with van der Waals surface area (Å²) in [5.74, 6) is 0.830. The molecule has 5 nitrogen and oxygen atoms in total. The van der Waals surface area contributed by atoms with E-state index in [-0.39, 0.29) is 6.04 Å². The Labute approximate surface area is 165 Å². The van der Waals surface area contributed by atoms with Gasteiger partial charge in [-0.25, -0.2) is 0 Å². The summed E-state index contributed by atoms with van der Waals surface area (Å²) in [6, 6.07) is 23.5. The Morgan fingerprint density at radius 1 is 0.964 bits per heavy atom. The van der Waals surface area contributed by atoms with Gasteiger partial charge in [-0.2, -0.15) is 0 Å². The summed E-state index contributed by atoms with van der Waals surface area (Å²) in [7, 11) is 1.65. The Balaban J connectivity index is 1.73. The van der Waals surface area contributed by atoms with E-state index in [4.69, 9.17) is 10.5 Å². The van der Waals surface area contributed by atoms with Crippen LogP contribution < -0.4 is 21.1 Å². The van der Waals surface area contributed by atoms with Crippen LogP contribution in [-0.4, -0.2) is 13.4 Å². The molecular formula is C23H25N3O2. The van der Waals surface area contributed by atoms with Crippen molar-refractivity contribution in [3.05, 3.63) is 83.9 Å². The van der Waals surface area contributed by atoms with Crippen LogP contribution in [-0.2, 0) is 11.3 Å². The largest absolute Gasteiger partial charge is 0.497 e. The maximum atomic E-state index is 11.1. The van der Waals surface area contributed by atoms with E-state index >= 15 is 0 Å². The van der Waals surface area contributed by atoms with Crippen LogP contribution in [0.15, 0.2) is 72.8 Å². The number of anilines is 3. The number of aldehydes is 1. The smallest absolute Gasteiger partial charge is 0.122 e. The second kappa shape index (κ2) is 9.46. The topological polar surface area (TPSA) is 76.4 Å². The summed E-state index contributed by atoms with van der Waals surface area (Å²) >= 11 is 0. The lowest BCUT2D eigenvalue weighted by molar-refractivity contribution is -0.108. The fraction of sp³-hybridized carbons (Fsp3) is 0.174. The second-order valence-corrected chi connectivity index (χ2v) is 6.48. The molecule has 0 saturated heterocycles. The van der Waals surface area contributed by atoms with Crippen molar-refractivity contribution in [2.24, 2.45) is 0 Å². The molecule has 3 rings (SSSR count). The molecule has 5 heteroatoms. The number of methoxy groups -OCH3 is 1. The average molecular weight is 375 g/mol. The van der Waals surface area contributed by atoms with Crippen molar-refractivity contribution in [1.82, 2.24) is 0 Å². The molecule has 3 aromatic rings. The van der Waals surface area contributed by atoms with E-state index in [0.717, 1.165) is 34.5 Å². The Bertz CT molecular complexity index is 895. The van der Waals surface area contributed by atoms with E-state index in [2.05, 4.69) is 10.6 Å². The van der Waals surface area contributed by atoms with E-state index < -0.39 is 0 Å². The quantitative estimate of drug-likeness (QED) is 0.375. The van der Waals surface area contributed by atoms with Crippen LogP contribution in [0, 0.1) is 0 Å². The zero-order valence-corrected chi connectivity index (χ0v) is 15.9. The first-order valence-electron chi connectivity index (χ1n) is 9.21. The van der Waals surface area contributed by atoms with Gasteiger partial charge in [0.05, 0.1) is 30.2 Å². The molecule has 0 radical (unpaired) electrons. The van der Waals surface area contributed by atoms with Gasteiger partial charge in [0.2, 0.25) is 0 Å². The monoisotopic (exact) mass is 375 g/mol. The first kappa shape index (κ1) is 19.3. The van der Waals surface area contributed by atoms with Gasteiger partial charge in [0.25, 0.3) is 0 Å². The minimum atomic E-state index is -0.127. The molecule has 1 atom stereocenters. The van der Waals surface area contributed by atoms with Crippen LogP contribution in [0.2, 0.25) is 0 Å². The van der Waals surface area contributed by atoms with Crippen LogP contribution in [0.5, 0.6) is 5.75 Å².